The number of nitrogens with zero attached hydrogens (tertiary/aromatic N) is 2. The molecule has 2 heterocycles. The molecule has 1 saturated heterocycles. The van der Waals surface area contributed by atoms with Gasteiger partial charge in [0.05, 0.1) is 31.6 Å². The zero-order valence-corrected chi connectivity index (χ0v) is 11.1. The molecule has 6 nitrogen and oxygen atoms in total. The van der Waals surface area contributed by atoms with Crippen LogP contribution >= 0.6 is 0 Å². The van der Waals surface area contributed by atoms with E-state index >= 15 is 0 Å². The van der Waals surface area contributed by atoms with E-state index in [1.165, 1.54) is 0 Å². The predicted molar refractivity (Wildman–Crippen MR) is 67.1 cm³/mol. The number of amides is 1. The maximum absolute atomic E-state index is 11.9. The summed E-state index contributed by atoms with van der Waals surface area (Å²) < 4.78 is 5.86. The number of hydrogen-bond acceptors (Lipinski definition) is 4. The highest BCUT2D eigenvalue weighted by atomic mass is 16.5. The van der Waals surface area contributed by atoms with E-state index in [4.69, 9.17) is 4.74 Å². The third-order valence-corrected chi connectivity index (χ3v) is 3.31. The summed E-state index contributed by atoms with van der Waals surface area (Å²) >= 11 is 0. The first-order chi connectivity index (χ1) is 8.57. The molecule has 1 fully saturated rings. The molecule has 1 amide bonds. The number of aromatic amines is 1. The van der Waals surface area contributed by atoms with E-state index in [2.05, 4.69) is 15.5 Å². The van der Waals surface area contributed by atoms with E-state index in [0.29, 0.717) is 26.2 Å². The summed E-state index contributed by atoms with van der Waals surface area (Å²) in [6.45, 7) is 6.08. The van der Waals surface area contributed by atoms with Crippen molar-refractivity contribution in [2.75, 3.05) is 33.3 Å². The lowest BCUT2D eigenvalue weighted by atomic mass is 9.97. The number of likely N-dealkylation sites (N-methyl/N-ethyl adjacent to an activating group) is 1. The number of carbonyl (C=O) groups is 1. The molecule has 2 rings (SSSR count). The highest BCUT2D eigenvalue weighted by Gasteiger charge is 2.37. The number of H-pyrrole nitrogens is 1. The molecule has 0 aliphatic carbocycles. The van der Waals surface area contributed by atoms with Gasteiger partial charge in [-0.1, -0.05) is 0 Å². The van der Waals surface area contributed by atoms with Gasteiger partial charge < -0.3 is 15.0 Å². The van der Waals surface area contributed by atoms with Crippen LogP contribution in [0.4, 0.5) is 0 Å². The number of hydrogen-bond donors (Lipinski definition) is 2. The van der Waals surface area contributed by atoms with Gasteiger partial charge in [0.2, 0.25) is 5.91 Å². The van der Waals surface area contributed by atoms with Crippen LogP contribution in [0.3, 0.4) is 0 Å². The number of aromatic nitrogens is 2. The summed E-state index contributed by atoms with van der Waals surface area (Å²) in [6.07, 6.45) is 1.78. The fraction of sp³-hybridized carbons (Fsp3) is 0.667. The molecule has 0 bridgehead atoms. The highest BCUT2D eigenvalue weighted by molar-refractivity contribution is 5.78. The molecule has 1 aromatic heterocycles. The molecular weight excluding hydrogens is 232 g/mol. The molecule has 0 aromatic carbocycles. The molecule has 100 valence electrons. The van der Waals surface area contributed by atoms with Gasteiger partial charge in [-0.3, -0.25) is 9.89 Å². The minimum atomic E-state index is -0.498. The lowest BCUT2D eigenvalue weighted by molar-refractivity contribution is -0.149. The van der Waals surface area contributed by atoms with Crippen LogP contribution in [0.15, 0.2) is 6.20 Å². The van der Waals surface area contributed by atoms with Crippen LogP contribution in [-0.4, -0.2) is 54.3 Å². The van der Waals surface area contributed by atoms with E-state index in [1.807, 2.05) is 18.7 Å². The lowest BCUT2D eigenvalue weighted by Gasteiger charge is -2.40. The zero-order valence-electron chi connectivity index (χ0n) is 11.1. The van der Waals surface area contributed by atoms with Crippen LogP contribution in [0, 0.1) is 6.92 Å². The molecule has 1 aliphatic heterocycles. The second-order valence-electron chi connectivity index (χ2n) is 4.85. The maximum Gasteiger partial charge on any atom is 0.236 e. The van der Waals surface area contributed by atoms with E-state index in [-0.39, 0.29) is 5.91 Å². The van der Waals surface area contributed by atoms with Crippen LogP contribution in [0.2, 0.25) is 0 Å². The number of rotatable bonds is 3. The third kappa shape index (κ3) is 2.39. The van der Waals surface area contributed by atoms with Crippen molar-refractivity contribution in [2.45, 2.75) is 19.4 Å². The van der Waals surface area contributed by atoms with Gasteiger partial charge in [-0.05, 0) is 26.5 Å². The Hall–Kier alpha value is -1.40. The smallest absolute Gasteiger partial charge is 0.236 e. The second kappa shape index (κ2) is 5.07. The van der Waals surface area contributed by atoms with Gasteiger partial charge in [0.25, 0.3) is 0 Å². The normalized spacial score (nSPS) is 24.3. The Balaban J connectivity index is 2.15. The van der Waals surface area contributed by atoms with E-state index in [0.717, 1.165) is 11.3 Å². The quantitative estimate of drug-likeness (QED) is 0.795. The molecule has 2 N–H and O–H groups in total. The number of aryl methyl sites for hydroxylation is 1. The number of carbonyl (C=O) groups excluding carboxylic acids is 1. The topological polar surface area (TPSA) is 70.2 Å². The van der Waals surface area contributed by atoms with Crippen molar-refractivity contribution in [3.8, 4) is 0 Å². The summed E-state index contributed by atoms with van der Waals surface area (Å²) in [5, 5.41) is 9.89. The average Bonchev–Trinajstić information content (AvgIpc) is 2.76. The predicted octanol–water partition coefficient (Wildman–Crippen LogP) is 0.0115. The van der Waals surface area contributed by atoms with Crippen molar-refractivity contribution in [1.29, 1.82) is 0 Å². The standard InChI is InChI=1S/C12H20N4O2/c1-9-6-14-15-11(9)12(2)8-16(4-5-18-12)10(17)7-13-3/h6,13H,4-5,7-8H2,1-3H3,(H,14,15)/t12-/m1/s1. The second-order valence-corrected chi connectivity index (χ2v) is 4.85. The molecular formula is C12H20N4O2. The Kier molecular flexibility index (Phi) is 3.68. The molecule has 0 unspecified atom stereocenters. The van der Waals surface area contributed by atoms with Crippen LogP contribution in [0.1, 0.15) is 18.2 Å². The third-order valence-electron chi connectivity index (χ3n) is 3.31. The minimum absolute atomic E-state index is 0.101. The van der Waals surface area contributed by atoms with Crippen molar-refractivity contribution in [3.05, 3.63) is 17.5 Å². The van der Waals surface area contributed by atoms with E-state index in [9.17, 15) is 4.79 Å². The van der Waals surface area contributed by atoms with Crippen molar-refractivity contribution >= 4 is 5.91 Å². The van der Waals surface area contributed by atoms with Crippen molar-refractivity contribution < 1.29 is 9.53 Å². The van der Waals surface area contributed by atoms with E-state index in [1.54, 1.807) is 13.2 Å². The molecule has 1 atom stereocenters. The van der Waals surface area contributed by atoms with Gasteiger partial charge in [0, 0.05) is 6.54 Å². The Morgan fingerprint density at radius 3 is 3.11 bits per heavy atom. The first kappa shape index (κ1) is 13.0. The van der Waals surface area contributed by atoms with Crippen molar-refractivity contribution in [1.82, 2.24) is 20.4 Å². The molecule has 6 heteroatoms. The monoisotopic (exact) mass is 252 g/mol. The Labute approximate surface area is 107 Å². The summed E-state index contributed by atoms with van der Waals surface area (Å²) in [4.78, 5) is 13.8. The molecule has 0 radical (unpaired) electrons. The van der Waals surface area contributed by atoms with Gasteiger partial charge >= 0.3 is 0 Å². The number of ether oxygens (including phenoxy) is 1. The summed E-state index contributed by atoms with van der Waals surface area (Å²) in [7, 11) is 1.77. The number of morpholine rings is 1. The van der Waals surface area contributed by atoms with Crippen LogP contribution in [0.5, 0.6) is 0 Å². The van der Waals surface area contributed by atoms with Gasteiger partial charge in [0.1, 0.15) is 5.60 Å². The Morgan fingerprint density at radius 2 is 2.50 bits per heavy atom. The van der Waals surface area contributed by atoms with Crippen molar-refractivity contribution in [3.63, 3.8) is 0 Å². The van der Waals surface area contributed by atoms with Gasteiger partial charge in [-0.15, -0.1) is 0 Å². The fourth-order valence-electron chi connectivity index (χ4n) is 2.38. The summed E-state index contributed by atoms with van der Waals surface area (Å²) in [5.74, 6) is 0.101. The largest absolute Gasteiger partial charge is 0.365 e. The first-order valence-corrected chi connectivity index (χ1v) is 6.13. The SMILES string of the molecule is CNCC(=O)N1CCO[C@@](C)(c2[nH]ncc2C)C1. The van der Waals surface area contributed by atoms with Crippen LogP contribution in [0.25, 0.3) is 0 Å². The van der Waals surface area contributed by atoms with E-state index < -0.39 is 5.60 Å². The Morgan fingerprint density at radius 1 is 1.72 bits per heavy atom. The van der Waals surface area contributed by atoms with Gasteiger partial charge in [-0.2, -0.15) is 5.10 Å². The fourth-order valence-corrected chi connectivity index (χ4v) is 2.38. The van der Waals surface area contributed by atoms with Gasteiger partial charge in [0.15, 0.2) is 0 Å². The lowest BCUT2D eigenvalue weighted by Crippen LogP contribution is -2.52. The zero-order chi connectivity index (χ0) is 13.2. The molecule has 0 spiro atoms. The first-order valence-electron chi connectivity index (χ1n) is 6.13. The molecule has 0 saturated carbocycles. The highest BCUT2D eigenvalue weighted by Crippen LogP contribution is 2.29. The Bertz CT molecular complexity index is 431. The van der Waals surface area contributed by atoms with Crippen molar-refractivity contribution in [2.24, 2.45) is 0 Å². The van der Waals surface area contributed by atoms with Crippen LogP contribution in [-0.2, 0) is 15.1 Å². The molecule has 1 aliphatic rings. The maximum atomic E-state index is 11.9. The summed E-state index contributed by atoms with van der Waals surface area (Å²) in [5.41, 5.74) is 1.51. The summed E-state index contributed by atoms with van der Waals surface area (Å²) in [6, 6.07) is 0. The average molecular weight is 252 g/mol. The minimum Gasteiger partial charge on any atom is -0.365 e. The number of nitrogens with one attached hydrogen (secondary N) is 2. The molecule has 18 heavy (non-hydrogen) atoms. The van der Waals surface area contributed by atoms with Crippen LogP contribution < -0.4 is 5.32 Å². The molecule has 1 aromatic rings. The van der Waals surface area contributed by atoms with Gasteiger partial charge in [-0.25, -0.2) is 0 Å².